The molecule has 0 heterocycles. The number of benzene rings is 1. The average Bonchev–Trinajstić information content (AvgIpc) is 2.56. The number of hydrogen-bond donors (Lipinski definition) is 0. The average molecular weight is 380 g/mol. The van der Waals surface area contributed by atoms with E-state index in [1.54, 1.807) is 0 Å². The first-order valence-electron chi connectivity index (χ1n) is 8.73. The molecule has 0 bridgehead atoms. The Morgan fingerprint density at radius 1 is 0.852 bits per heavy atom. The topological polar surface area (TPSA) is 78.9 Å². The third-order valence-electron chi connectivity index (χ3n) is 3.73. The van der Waals surface area contributed by atoms with Gasteiger partial charge >= 0.3 is 17.9 Å². The molecule has 0 aliphatic heterocycles. The Balaban J connectivity index is 2.71. The molecule has 0 atom stereocenters. The number of carbonyl (C=O) groups is 3. The highest BCUT2D eigenvalue weighted by Crippen LogP contribution is 2.21. The first kappa shape index (κ1) is 22.6. The molecule has 1 aromatic carbocycles. The lowest BCUT2D eigenvalue weighted by Gasteiger charge is -2.26. The molecule has 0 unspecified atom stereocenters. The van der Waals surface area contributed by atoms with Gasteiger partial charge in [-0.3, -0.25) is 14.4 Å². The first-order valence-corrected chi connectivity index (χ1v) is 8.73. The molecule has 7 heteroatoms. The number of hydrogen-bond acceptors (Lipinski definition) is 6. The lowest BCUT2D eigenvalue weighted by molar-refractivity contribution is -0.884. The molecule has 0 saturated heterocycles. The van der Waals surface area contributed by atoms with Gasteiger partial charge in [0.05, 0.1) is 21.1 Å². The van der Waals surface area contributed by atoms with Crippen LogP contribution in [0.25, 0.3) is 0 Å². The summed E-state index contributed by atoms with van der Waals surface area (Å²) in [6, 6.07) is 7.83. The van der Waals surface area contributed by atoms with Gasteiger partial charge in [-0.05, 0) is 12.5 Å². The van der Waals surface area contributed by atoms with Crippen LogP contribution in [0.15, 0.2) is 24.3 Å². The van der Waals surface area contributed by atoms with Gasteiger partial charge in [-0.15, -0.1) is 0 Å². The van der Waals surface area contributed by atoms with E-state index in [0.717, 1.165) is 16.6 Å². The van der Waals surface area contributed by atoms with E-state index in [1.165, 1.54) is 26.3 Å². The number of ether oxygens (including phenoxy) is 3. The summed E-state index contributed by atoms with van der Waals surface area (Å²) in [5.41, 5.74) is 0.768. The molecule has 0 radical (unpaired) electrons. The normalized spacial score (nSPS) is 11.6. The molecular formula is C20H30NO6+. The van der Waals surface area contributed by atoms with Crippen LogP contribution in [0.2, 0.25) is 0 Å². The zero-order chi connectivity index (χ0) is 20.7. The summed E-state index contributed by atoms with van der Waals surface area (Å²) < 4.78 is 16.1. The summed E-state index contributed by atoms with van der Waals surface area (Å²) in [5, 5.41) is 0. The summed E-state index contributed by atoms with van der Waals surface area (Å²) >= 11 is 0. The second-order valence-electron chi connectivity index (χ2n) is 7.96. The Morgan fingerprint density at radius 2 is 1.30 bits per heavy atom. The molecule has 0 amide bonds. The lowest BCUT2D eigenvalue weighted by atomic mass is 9.93. The van der Waals surface area contributed by atoms with Gasteiger partial charge in [-0.1, -0.05) is 24.3 Å². The van der Waals surface area contributed by atoms with E-state index >= 15 is 0 Å². The number of quaternary nitrogens is 1. The van der Waals surface area contributed by atoms with Gasteiger partial charge in [-0.2, -0.15) is 0 Å². The molecule has 7 nitrogen and oxygen atoms in total. The third kappa shape index (κ3) is 8.68. The minimum absolute atomic E-state index is 0.0826. The quantitative estimate of drug-likeness (QED) is 0.371. The van der Waals surface area contributed by atoms with Crippen LogP contribution in [0.4, 0.5) is 0 Å². The van der Waals surface area contributed by atoms with E-state index in [0.29, 0.717) is 0 Å². The van der Waals surface area contributed by atoms with Crippen molar-refractivity contribution in [1.29, 1.82) is 0 Å². The number of rotatable bonds is 9. The van der Waals surface area contributed by atoms with Crippen LogP contribution in [0, 0.1) is 5.41 Å². The fourth-order valence-electron chi connectivity index (χ4n) is 2.29. The molecule has 0 spiro atoms. The summed E-state index contributed by atoms with van der Waals surface area (Å²) in [6.45, 7) is 4.55. The predicted octanol–water partition coefficient (Wildman–Crippen LogP) is 2.07. The maximum absolute atomic E-state index is 12.5. The van der Waals surface area contributed by atoms with Crippen molar-refractivity contribution in [3.05, 3.63) is 35.4 Å². The van der Waals surface area contributed by atoms with Gasteiger partial charge < -0.3 is 18.7 Å². The highest BCUT2D eigenvalue weighted by Gasteiger charge is 2.38. The number of esters is 3. The van der Waals surface area contributed by atoms with Gasteiger partial charge in [0.25, 0.3) is 0 Å². The molecule has 1 rings (SSSR count). The van der Waals surface area contributed by atoms with E-state index in [1.807, 2.05) is 24.3 Å². The molecule has 0 N–H and O–H groups in total. The summed E-state index contributed by atoms with van der Waals surface area (Å²) in [4.78, 5) is 34.7. The summed E-state index contributed by atoms with van der Waals surface area (Å²) in [7, 11) is 6.34. The lowest BCUT2D eigenvalue weighted by Crippen LogP contribution is -2.40. The molecule has 0 aliphatic carbocycles. The Kier molecular flexibility index (Phi) is 7.97. The Hall–Kier alpha value is -2.41. The highest BCUT2D eigenvalue weighted by atomic mass is 16.6. The third-order valence-corrected chi connectivity index (χ3v) is 3.73. The monoisotopic (exact) mass is 380 g/mol. The Bertz CT molecular complexity index is 642. The second kappa shape index (κ2) is 9.50. The fraction of sp³-hybridized carbons (Fsp3) is 0.550. The van der Waals surface area contributed by atoms with E-state index in [4.69, 9.17) is 14.2 Å². The van der Waals surface area contributed by atoms with Crippen LogP contribution in [0.1, 0.15) is 31.9 Å². The van der Waals surface area contributed by atoms with Crippen LogP contribution in [0.3, 0.4) is 0 Å². The minimum atomic E-state index is -1.26. The van der Waals surface area contributed by atoms with Gasteiger partial charge in [-0.25, -0.2) is 0 Å². The van der Waals surface area contributed by atoms with Crippen LogP contribution in [0.5, 0.6) is 0 Å². The summed E-state index contributed by atoms with van der Waals surface area (Å²) in [6.07, 6.45) is 0. The van der Waals surface area contributed by atoms with Crippen LogP contribution >= 0.6 is 0 Å². The van der Waals surface area contributed by atoms with Crippen molar-refractivity contribution in [1.82, 2.24) is 0 Å². The number of carbonyl (C=O) groups excluding carboxylic acids is 3. The maximum Gasteiger partial charge on any atom is 0.319 e. The van der Waals surface area contributed by atoms with Crippen molar-refractivity contribution in [2.45, 2.75) is 33.9 Å². The molecule has 0 aromatic heterocycles. The van der Waals surface area contributed by atoms with Crippen LogP contribution < -0.4 is 0 Å². The van der Waals surface area contributed by atoms with E-state index in [-0.39, 0.29) is 19.8 Å². The molecule has 27 heavy (non-hydrogen) atoms. The minimum Gasteiger partial charge on any atom is -0.465 e. The Labute approximate surface area is 160 Å². The van der Waals surface area contributed by atoms with E-state index in [9.17, 15) is 14.4 Å². The maximum atomic E-state index is 12.5. The van der Waals surface area contributed by atoms with Crippen LogP contribution in [-0.4, -0.2) is 56.7 Å². The zero-order valence-electron chi connectivity index (χ0n) is 17.0. The highest BCUT2D eigenvalue weighted by molar-refractivity contribution is 5.78. The van der Waals surface area contributed by atoms with Crippen LogP contribution in [-0.2, 0) is 41.7 Å². The van der Waals surface area contributed by atoms with Gasteiger partial charge in [0.2, 0.25) is 0 Å². The standard InChI is InChI=1S/C20H30NO6/c1-15(22)26-13-20(3,14-27-16(2)23)19(24)25-12-18-9-7-17(8-10-18)11-21(4,5)6/h7-10H,11-14H2,1-6H3/q+1. The van der Waals surface area contributed by atoms with Crippen molar-refractivity contribution in [2.24, 2.45) is 5.41 Å². The molecule has 1 aromatic rings. The van der Waals surface area contributed by atoms with Crippen molar-refractivity contribution < 1.29 is 33.1 Å². The van der Waals surface area contributed by atoms with Crippen molar-refractivity contribution in [2.75, 3.05) is 34.4 Å². The van der Waals surface area contributed by atoms with Gasteiger partial charge in [0, 0.05) is 19.4 Å². The SMILES string of the molecule is CC(=O)OCC(C)(COC(C)=O)C(=O)OCc1ccc(C[N+](C)(C)C)cc1. The van der Waals surface area contributed by atoms with Crippen molar-refractivity contribution in [3.8, 4) is 0 Å². The van der Waals surface area contributed by atoms with E-state index < -0.39 is 23.3 Å². The van der Waals surface area contributed by atoms with Gasteiger partial charge in [0.1, 0.15) is 31.8 Å². The predicted molar refractivity (Wildman–Crippen MR) is 99.3 cm³/mol. The largest absolute Gasteiger partial charge is 0.465 e. The van der Waals surface area contributed by atoms with Gasteiger partial charge in [0.15, 0.2) is 0 Å². The molecule has 0 saturated carbocycles. The summed E-state index contributed by atoms with van der Waals surface area (Å²) in [5.74, 6) is -1.64. The fourth-order valence-corrected chi connectivity index (χ4v) is 2.29. The molecule has 0 aliphatic rings. The van der Waals surface area contributed by atoms with E-state index in [2.05, 4.69) is 21.1 Å². The zero-order valence-corrected chi connectivity index (χ0v) is 17.0. The van der Waals surface area contributed by atoms with Crippen molar-refractivity contribution >= 4 is 17.9 Å². The second-order valence-corrected chi connectivity index (χ2v) is 7.96. The molecular weight excluding hydrogens is 350 g/mol. The first-order chi connectivity index (χ1) is 12.4. The number of nitrogens with zero attached hydrogens (tertiary/aromatic N) is 1. The molecule has 150 valence electrons. The Morgan fingerprint density at radius 3 is 1.70 bits per heavy atom. The smallest absolute Gasteiger partial charge is 0.319 e. The van der Waals surface area contributed by atoms with Crippen molar-refractivity contribution in [3.63, 3.8) is 0 Å². The molecule has 0 fully saturated rings.